The molecule has 2 bridgehead atoms. The van der Waals surface area contributed by atoms with Crippen LogP contribution in [-0.2, 0) is 4.74 Å². The molecule has 3 N–H and O–H groups in total. The van der Waals surface area contributed by atoms with Crippen LogP contribution in [0.15, 0.2) is 0 Å². The minimum atomic E-state index is 0.199. The van der Waals surface area contributed by atoms with Crippen LogP contribution in [0.5, 0.6) is 0 Å². The fourth-order valence-corrected chi connectivity index (χ4v) is 4.59. The molecule has 4 nitrogen and oxygen atoms in total. The molecule has 0 aromatic carbocycles. The van der Waals surface area contributed by atoms with E-state index in [0.29, 0.717) is 6.04 Å². The van der Waals surface area contributed by atoms with Crippen molar-refractivity contribution in [1.82, 2.24) is 10.6 Å². The molecular formula is C16H30N3OS+. The smallest absolute Gasteiger partial charge is 0.166 e. The van der Waals surface area contributed by atoms with E-state index in [1.807, 2.05) is 0 Å². The van der Waals surface area contributed by atoms with E-state index in [-0.39, 0.29) is 5.54 Å². The van der Waals surface area contributed by atoms with Crippen LogP contribution in [0.3, 0.4) is 0 Å². The van der Waals surface area contributed by atoms with E-state index in [1.165, 1.54) is 25.7 Å². The van der Waals surface area contributed by atoms with Gasteiger partial charge in [-0.05, 0) is 57.2 Å². The summed E-state index contributed by atoms with van der Waals surface area (Å²) in [5.74, 6) is 1.83. The van der Waals surface area contributed by atoms with Gasteiger partial charge in [-0.15, -0.1) is 0 Å². The molecule has 0 aromatic heterocycles. The number of morpholine rings is 1. The first-order chi connectivity index (χ1) is 10.0. The highest BCUT2D eigenvalue weighted by Gasteiger charge is 2.40. The zero-order valence-corrected chi connectivity index (χ0v) is 14.2. The van der Waals surface area contributed by atoms with Crippen molar-refractivity contribution in [3.63, 3.8) is 0 Å². The molecule has 3 rings (SSSR count). The third-order valence-corrected chi connectivity index (χ3v) is 6.06. The van der Waals surface area contributed by atoms with Crippen molar-refractivity contribution in [2.45, 2.75) is 51.1 Å². The van der Waals surface area contributed by atoms with Gasteiger partial charge >= 0.3 is 0 Å². The van der Waals surface area contributed by atoms with Crippen molar-refractivity contribution in [3.05, 3.63) is 0 Å². The Bertz CT molecular complexity index is 382. The van der Waals surface area contributed by atoms with Gasteiger partial charge < -0.3 is 20.3 Å². The summed E-state index contributed by atoms with van der Waals surface area (Å²) in [5, 5.41) is 7.89. The van der Waals surface area contributed by atoms with Crippen molar-refractivity contribution in [2.75, 3.05) is 32.8 Å². The zero-order chi connectivity index (χ0) is 14.9. The quantitative estimate of drug-likeness (QED) is 0.654. The van der Waals surface area contributed by atoms with E-state index >= 15 is 0 Å². The van der Waals surface area contributed by atoms with Crippen molar-refractivity contribution < 1.29 is 9.64 Å². The molecular weight excluding hydrogens is 282 g/mol. The van der Waals surface area contributed by atoms with Crippen LogP contribution in [0.25, 0.3) is 0 Å². The summed E-state index contributed by atoms with van der Waals surface area (Å²) in [7, 11) is 0. The Balaban J connectivity index is 1.42. The Labute approximate surface area is 134 Å². The molecule has 3 aliphatic rings. The Kier molecular flexibility index (Phi) is 4.71. The number of thiocarbonyl (C=S) groups is 1. The fraction of sp³-hybridized carbons (Fsp3) is 0.938. The van der Waals surface area contributed by atoms with Gasteiger partial charge in [0.2, 0.25) is 0 Å². The zero-order valence-electron chi connectivity index (χ0n) is 13.4. The van der Waals surface area contributed by atoms with Gasteiger partial charge in [-0.2, -0.15) is 0 Å². The second kappa shape index (κ2) is 6.39. The van der Waals surface area contributed by atoms with E-state index in [9.17, 15) is 0 Å². The minimum Gasteiger partial charge on any atom is -0.370 e. The largest absolute Gasteiger partial charge is 0.370 e. The number of fused-ring (bicyclic) bond motifs is 2. The van der Waals surface area contributed by atoms with Crippen molar-refractivity contribution in [3.8, 4) is 0 Å². The number of hydrogen-bond acceptors (Lipinski definition) is 2. The maximum absolute atomic E-state index is 5.52. The first-order valence-corrected chi connectivity index (χ1v) is 8.93. The van der Waals surface area contributed by atoms with Gasteiger partial charge in [0.15, 0.2) is 5.11 Å². The van der Waals surface area contributed by atoms with Crippen LogP contribution < -0.4 is 15.5 Å². The van der Waals surface area contributed by atoms with Crippen molar-refractivity contribution in [1.29, 1.82) is 0 Å². The van der Waals surface area contributed by atoms with Crippen LogP contribution >= 0.6 is 12.2 Å². The Morgan fingerprint density at radius 3 is 2.62 bits per heavy atom. The van der Waals surface area contributed by atoms with Gasteiger partial charge in [-0.3, -0.25) is 0 Å². The van der Waals surface area contributed by atoms with Gasteiger partial charge in [0.05, 0.1) is 19.8 Å². The average Bonchev–Trinajstić information content (AvgIpc) is 3.09. The molecule has 1 aliphatic heterocycles. The van der Waals surface area contributed by atoms with Crippen LogP contribution in [-0.4, -0.2) is 49.5 Å². The number of nitrogens with one attached hydrogen (secondary N) is 3. The van der Waals surface area contributed by atoms with Crippen LogP contribution in [0.1, 0.15) is 39.5 Å². The van der Waals surface area contributed by atoms with Crippen LogP contribution in [0.2, 0.25) is 0 Å². The van der Waals surface area contributed by atoms with Crippen molar-refractivity contribution in [2.24, 2.45) is 11.8 Å². The SMILES string of the molecule is CC(C)(CNC(=S)N[C@@H]1C[C@@H]2CC[C@H]1C2)[NH+]1CCOCC1. The van der Waals surface area contributed by atoms with Crippen LogP contribution in [0, 0.1) is 11.8 Å². The molecule has 5 heteroatoms. The summed E-state index contributed by atoms with van der Waals surface area (Å²) >= 11 is 5.52. The molecule has 1 heterocycles. The summed E-state index contributed by atoms with van der Waals surface area (Å²) in [6, 6.07) is 0.627. The lowest BCUT2D eigenvalue weighted by Gasteiger charge is -2.38. The first-order valence-electron chi connectivity index (χ1n) is 8.52. The summed E-state index contributed by atoms with van der Waals surface area (Å²) in [6.07, 6.45) is 5.58. The van der Waals surface area contributed by atoms with Crippen molar-refractivity contribution >= 4 is 17.3 Å². The number of hydrogen-bond donors (Lipinski definition) is 3. The molecule has 21 heavy (non-hydrogen) atoms. The molecule has 0 amide bonds. The molecule has 0 aromatic rings. The molecule has 0 spiro atoms. The highest BCUT2D eigenvalue weighted by atomic mass is 32.1. The van der Waals surface area contributed by atoms with Crippen LogP contribution in [0.4, 0.5) is 0 Å². The van der Waals surface area contributed by atoms with E-state index in [0.717, 1.165) is 49.8 Å². The fourth-order valence-electron chi connectivity index (χ4n) is 4.36. The van der Waals surface area contributed by atoms with E-state index < -0.39 is 0 Å². The van der Waals surface area contributed by atoms with E-state index in [2.05, 4.69) is 24.5 Å². The molecule has 3 atom stereocenters. The lowest BCUT2D eigenvalue weighted by Crippen LogP contribution is -3.22. The van der Waals surface area contributed by atoms with E-state index in [4.69, 9.17) is 17.0 Å². The van der Waals surface area contributed by atoms with Gasteiger partial charge in [-0.1, -0.05) is 6.42 Å². The second-order valence-corrected chi connectivity index (χ2v) is 8.12. The lowest BCUT2D eigenvalue weighted by molar-refractivity contribution is -0.954. The van der Waals surface area contributed by atoms with Gasteiger partial charge in [0.1, 0.15) is 18.6 Å². The third-order valence-electron chi connectivity index (χ3n) is 5.80. The molecule has 120 valence electrons. The monoisotopic (exact) mass is 312 g/mol. The molecule has 3 fully saturated rings. The minimum absolute atomic E-state index is 0.199. The Hall–Kier alpha value is -0.390. The lowest BCUT2D eigenvalue weighted by atomic mass is 9.95. The second-order valence-electron chi connectivity index (χ2n) is 7.71. The summed E-state index contributed by atoms with van der Waals surface area (Å²) in [4.78, 5) is 1.61. The predicted octanol–water partition coefficient (Wildman–Crippen LogP) is 0.333. The normalized spacial score (nSPS) is 33.1. The molecule has 2 aliphatic carbocycles. The number of ether oxygens (including phenoxy) is 1. The summed E-state index contributed by atoms with van der Waals surface area (Å²) in [6.45, 7) is 9.53. The molecule has 1 saturated heterocycles. The van der Waals surface area contributed by atoms with E-state index in [1.54, 1.807) is 4.90 Å². The summed E-state index contributed by atoms with van der Waals surface area (Å²) < 4.78 is 5.46. The Morgan fingerprint density at radius 1 is 1.24 bits per heavy atom. The first kappa shape index (κ1) is 15.5. The topological polar surface area (TPSA) is 37.7 Å². The van der Waals surface area contributed by atoms with Gasteiger partial charge in [0, 0.05) is 6.04 Å². The van der Waals surface area contributed by atoms with Gasteiger partial charge in [0.25, 0.3) is 0 Å². The molecule has 2 saturated carbocycles. The predicted molar refractivity (Wildman–Crippen MR) is 88.6 cm³/mol. The average molecular weight is 313 g/mol. The highest BCUT2D eigenvalue weighted by Crippen LogP contribution is 2.44. The highest BCUT2D eigenvalue weighted by molar-refractivity contribution is 7.80. The Morgan fingerprint density at radius 2 is 2.00 bits per heavy atom. The standard InChI is InChI=1S/C16H29N3OS/c1-16(2,19-5-7-20-8-6-19)11-17-15(21)18-14-10-12-3-4-13(14)9-12/h12-14H,3-11H2,1-2H3,(H2,17,18,21)/p+1/t12-,13+,14-/m1/s1. The molecule has 0 unspecified atom stereocenters. The van der Waals surface area contributed by atoms with Gasteiger partial charge in [-0.25, -0.2) is 0 Å². The maximum atomic E-state index is 5.52. The maximum Gasteiger partial charge on any atom is 0.166 e. The summed E-state index contributed by atoms with van der Waals surface area (Å²) in [5.41, 5.74) is 0.199. The third kappa shape index (κ3) is 3.69. The number of quaternary nitrogens is 1. The number of rotatable bonds is 4. The molecule has 0 radical (unpaired) electrons.